The molecule has 0 aromatic heterocycles. The first-order valence-electron chi connectivity index (χ1n) is 7.63. The molecule has 1 aliphatic carbocycles. The topological polar surface area (TPSA) is 46.2 Å². The molecule has 3 nitrogen and oxygen atoms in total. The highest BCUT2D eigenvalue weighted by Gasteiger charge is 2.35. The molecule has 0 saturated heterocycles. The summed E-state index contributed by atoms with van der Waals surface area (Å²) < 4.78 is 25.2. The van der Waals surface area contributed by atoms with Crippen LogP contribution in [0.25, 0.3) is 0 Å². The number of rotatable bonds is 5. The number of hydrogen-bond acceptors (Lipinski definition) is 3. The third kappa shape index (κ3) is 3.23. The van der Waals surface area contributed by atoms with E-state index in [1.54, 1.807) is 0 Å². The van der Waals surface area contributed by atoms with Crippen LogP contribution < -0.4 is 5.32 Å². The Balaban J connectivity index is 2.42. The van der Waals surface area contributed by atoms with E-state index in [2.05, 4.69) is 17.4 Å². The fourth-order valence-electron chi connectivity index (χ4n) is 3.21. The standard InChI is InChI=1S/C16H25NO2S/c1-3-12-20(18,19)15-11-7-9-13-8-5-6-10-14(13)16(15)17-4-2/h5-6,8,10,15-17H,3-4,7,9,11-12H2,1-2H3. The van der Waals surface area contributed by atoms with Crippen molar-refractivity contribution in [3.8, 4) is 0 Å². The molecule has 0 heterocycles. The summed E-state index contributed by atoms with van der Waals surface area (Å²) in [6.45, 7) is 4.76. The summed E-state index contributed by atoms with van der Waals surface area (Å²) >= 11 is 0. The summed E-state index contributed by atoms with van der Waals surface area (Å²) in [7, 11) is -3.03. The van der Waals surface area contributed by atoms with Gasteiger partial charge in [-0.25, -0.2) is 8.42 Å². The molecule has 0 bridgehead atoms. The molecule has 2 atom stereocenters. The smallest absolute Gasteiger partial charge is 0.155 e. The largest absolute Gasteiger partial charge is 0.309 e. The molecule has 2 unspecified atom stereocenters. The van der Waals surface area contributed by atoms with Gasteiger partial charge in [0.2, 0.25) is 0 Å². The van der Waals surface area contributed by atoms with Gasteiger partial charge in [0.15, 0.2) is 9.84 Å². The summed E-state index contributed by atoms with van der Waals surface area (Å²) in [4.78, 5) is 0. The van der Waals surface area contributed by atoms with Gasteiger partial charge in [0.1, 0.15) is 0 Å². The summed E-state index contributed by atoms with van der Waals surface area (Å²) in [5.41, 5.74) is 2.48. The van der Waals surface area contributed by atoms with Gasteiger partial charge in [0.25, 0.3) is 0 Å². The highest BCUT2D eigenvalue weighted by atomic mass is 32.2. The number of aryl methyl sites for hydroxylation is 1. The first kappa shape index (κ1) is 15.5. The summed E-state index contributed by atoms with van der Waals surface area (Å²) in [6.07, 6.45) is 3.39. The fraction of sp³-hybridized carbons (Fsp3) is 0.625. The van der Waals surface area contributed by atoms with Gasteiger partial charge in [0.05, 0.1) is 11.0 Å². The Morgan fingerprint density at radius 1 is 1.25 bits per heavy atom. The maximum atomic E-state index is 12.6. The van der Waals surface area contributed by atoms with Crippen LogP contribution in [0.5, 0.6) is 0 Å². The second kappa shape index (κ2) is 6.72. The molecule has 0 fully saturated rings. The molecule has 1 N–H and O–H groups in total. The molecule has 0 spiro atoms. The van der Waals surface area contributed by atoms with Crippen molar-refractivity contribution in [2.45, 2.75) is 50.8 Å². The van der Waals surface area contributed by atoms with Crippen LogP contribution in [0, 0.1) is 0 Å². The maximum absolute atomic E-state index is 12.6. The van der Waals surface area contributed by atoms with Gasteiger partial charge < -0.3 is 5.32 Å². The number of fused-ring (bicyclic) bond motifs is 1. The number of sulfone groups is 1. The van der Waals surface area contributed by atoms with Crippen molar-refractivity contribution >= 4 is 9.84 Å². The van der Waals surface area contributed by atoms with Gasteiger partial charge >= 0.3 is 0 Å². The second-order valence-electron chi connectivity index (χ2n) is 5.53. The van der Waals surface area contributed by atoms with Gasteiger partial charge in [-0.1, -0.05) is 38.1 Å². The van der Waals surface area contributed by atoms with E-state index >= 15 is 0 Å². The van der Waals surface area contributed by atoms with Gasteiger partial charge in [-0.2, -0.15) is 0 Å². The zero-order valence-corrected chi connectivity index (χ0v) is 13.2. The zero-order valence-electron chi connectivity index (χ0n) is 12.4. The summed E-state index contributed by atoms with van der Waals surface area (Å²) in [5, 5.41) is 3.13. The Kier molecular flexibility index (Phi) is 5.22. The van der Waals surface area contributed by atoms with Crippen molar-refractivity contribution in [3.63, 3.8) is 0 Å². The second-order valence-corrected chi connectivity index (χ2v) is 7.87. The van der Waals surface area contributed by atoms with Crippen LogP contribution in [0.15, 0.2) is 24.3 Å². The predicted molar refractivity (Wildman–Crippen MR) is 83.7 cm³/mol. The molecule has 4 heteroatoms. The zero-order chi connectivity index (χ0) is 14.6. The average Bonchev–Trinajstić information content (AvgIpc) is 2.60. The lowest BCUT2D eigenvalue weighted by Gasteiger charge is -2.27. The number of hydrogen-bond donors (Lipinski definition) is 1. The first-order chi connectivity index (χ1) is 9.60. The molecule has 0 aliphatic heterocycles. The Morgan fingerprint density at radius 2 is 2.00 bits per heavy atom. The quantitative estimate of drug-likeness (QED) is 0.850. The maximum Gasteiger partial charge on any atom is 0.155 e. The van der Waals surface area contributed by atoms with Crippen LogP contribution in [-0.2, 0) is 16.3 Å². The molecule has 0 saturated carbocycles. The molecule has 0 radical (unpaired) electrons. The molecule has 112 valence electrons. The highest BCUT2D eigenvalue weighted by Crippen LogP contribution is 2.33. The molecule has 1 aliphatic rings. The van der Waals surface area contributed by atoms with Crippen LogP contribution in [0.4, 0.5) is 0 Å². The number of benzene rings is 1. The van der Waals surface area contributed by atoms with Crippen molar-refractivity contribution in [2.75, 3.05) is 12.3 Å². The van der Waals surface area contributed by atoms with E-state index in [4.69, 9.17) is 0 Å². The number of nitrogens with one attached hydrogen (secondary N) is 1. The van der Waals surface area contributed by atoms with Crippen molar-refractivity contribution in [1.82, 2.24) is 5.32 Å². The lowest BCUT2D eigenvalue weighted by molar-refractivity contribution is 0.482. The molecule has 1 aromatic rings. The van der Waals surface area contributed by atoms with E-state index in [-0.39, 0.29) is 11.3 Å². The summed E-state index contributed by atoms with van der Waals surface area (Å²) in [5.74, 6) is 0.293. The van der Waals surface area contributed by atoms with Gasteiger partial charge in [-0.3, -0.25) is 0 Å². The molecular weight excluding hydrogens is 270 g/mol. The van der Waals surface area contributed by atoms with Crippen LogP contribution in [0.2, 0.25) is 0 Å². The minimum Gasteiger partial charge on any atom is -0.309 e. The van der Waals surface area contributed by atoms with Gasteiger partial charge in [0, 0.05) is 6.04 Å². The molecule has 0 amide bonds. The monoisotopic (exact) mass is 295 g/mol. The third-order valence-corrected chi connectivity index (χ3v) is 6.48. The Morgan fingerprint density at radius 3 is 2.70 bits per heavy atom. The van der Waals surface area contributed by atoms with E-state index in [0.29, 0.717) is 12.2 Å². The lowest BCUT2D eigenvalue weighted by Crippen LogP contribution is -2.38. The van der Waals surface area contributed by atoms with E-state index < -0.39 is 9.84 Å². The first-order valence-corrected chi connectivity index (χ1v) is 9.34. The molecule has 20 heavy (non-hydrogen) atoms. The highest BCUT2D eigenvalue weighted by molar-refractivity contribution is 7.92. The van der Waals surface area contributed by atoms with Crippen LogP contribution in [-0.4, -0.2) is 26.0 Å². The van der Waals surface area contributed by atoms with Gasteiger partial charge in [-0.05, 0) is 43.4 Å². The predicted octanol–water partition coefficient (Wildman–Crippen LogP) is 2.87. The SMILES string of the molecule is CCCS(=O)(=O)C1CCCc2ccccc2C1NCC. The van der Waals surface area contributed by atoms with Crippen molar-refractivity contribution in [1.29, 1.82) is 0 Å². The minimum atomic E-state index is -3.03. The Labute approximate surface area is 122 Å². The van der Waals surface area contributed by atoms with E-state index in [1.165, 1.54) is 11.1 Å². The van der Waals surface area contributed by atoms with Gasteiger partial charge in [-0.15, -0.1) is 0 Å². The lowest BCUT2D eigenvalue weighted by atomic mass is 9.99. The van der Waals surface area contributed by atoms with Crippen LogP contribution in [0.1, 0.15) is 50.3 Å². The third-order valence-electron chi connectivity index (χ3n) is 4.07. The fourth-order valence-corrected chi connectivity index (χ4v) is 5.27. The normalized spacial score (nSPS) is 23.1. The van der Waals surface area contributed by atoms with E-state index in [0.717, 1.165) is 25.8 Å². The minimum absolute atomic E-state index is 0.0600. The van der Waals surface area contributed by atoms with Crippen molar-refractivity contribution in [3.05, 3.63) is 35.4 Å². The molecule has 1 aromatic carbocycles. The van der Waals surface area contributed by atoms with Crippen LogP contribution >= 0.6 is 0 Å². The van der Waals surface area contributed by atoms with Crippen LogP contribution in [0.3, 0.4) is 0 Å². The Bertz CT molecular complexity index is 539. The molecule has 2 rings (SSSR count). The van der Waals surface area contributed by atoms with Crippen molar-refractivity contribution in [2.24, 2.45) is 0 Å². The Hall–Kier alpha value is -0.870. The van der Waals surface area contributed by atoms with E-state index in [9.17, 15) is 8.42 Å². The van der Waals surface area contributed by atoms with Crippen molar-refractivity contribution < 1.29 is 8.42 Å². The molecular formula is C16H25NO2S. The average molecular weight is 295 g/mol. The van der Waals surface area contributed by atoms with E-state index in [1.807, 2.05) is 26.0 Å². The summed E-state index contributed by atoms with van der Waals surface area (Å²) in [6, 6.07) is 8.22.